The number of hydrogen-bond donors (Lipinski definition) is 0. The van der Waals surface area contributed by atoms with Crippen molar-refractivity contribution in [3.05, 3.63) is 28.2 Å². The smallest absolute Gasteiger partial charge is 0.123 e. The van der Waals surface area contributed by atoms with Gasteiger partial charge in [-0.1, -0.05) is 15.9 Å². The highest BCUT2D eigenvalue weighted by atomic mass is 79.9. The first kappa shape index (κ1) is 7.61. The predicted octanol–water partition coefficient (Wildman–Crippen LogP) is 2.57. The van der Waals surface area contributed by atoms with E-state index in [4.69, 9.17) is 4.74 Å². The van der Waals surface area contributed by atoms with Gasteiger partial charge in [0.25, 0.3) is 0 Å². The Morgan fingerprint density at radius 2 is 2.20 bits per heavy atom. The molecule has 0 atom stereocenters. The highest BCUT2D eigenvalue weighted by molar-refractivity contribution is 9.10. The van der Waals surface area contributed by atoms with Crippen LogP contribution in [-0.2, 0) is 0 Å². The lowest BCUT2D eigenvalue weighted by Gasteiger charge is -2.03. The van der Waals surface area contributed by atoms with Gasteiger partial charge in [0.1, 0.15) is 5.75 Å². The van der Waals surface area contributed by atoms with Crippen LogP contribution in [0.3, 0.4) is 0 Å². The van der Waals surface area contributed by atoms with Gasteiger partial charge in [-0.25, -0.2) is 0 Å². The zero-order chi connectivity index (χ0) is 7.56. The maximum Gasteiger partial charge on any atom is 0.123 e. The molecule has 0 saturated heterocycles. The van der Waals surface area contributed by atoms with E-state index >= 15 is 0 Å². The van der Waals surface area contributed by atoms with Crippen LogP contribution in [0, 0.1) is 13.0 Å². The van der Waals surface area contributed by atoms with E-state index in [2.05, 4.69) is 22.0 Å². The summed E-state index contributed by atoms with van der Waals surface area (Å²) in [6, 6.07) is 6.64. The molecule has 1 nitrogen and oxygen atoms in total. The molecule has 0 aliphatic carbocycles. The second-order valence-electron chi connectivity index (χ2n) is 2.00. The summed E-state index contributed by atoms with van der Waals surface area (Å²) in [7, 11) is 1.66. The van der Waals surface area contributed by atoms with Crippen LogP contribution in [0.25, 0.3) is 0 Å². The first-order valence-electron chi connectivity index (χ1n) is 2.96. The summed E-state index contributed by atoms with van der Waals surface area (Å²) < 4.78 is 6.10. The average Bonchev–Trinajstić information content (AvgIpc) is 1.95. The Balaban J connectivity index is 3.14. The van der Waals surface area contributed by atoms with Gasteiger partial charge in [0.2, 0.25) is 0 Å². The third kappa shape index (κ3) is 1.32. The molecule has 53 valence electrons. The Bertz CT molecular complexity index is 233. The lowest BCUT2D eigenvalue weighted by atomic mass is 10.2. The number of ether oxygens (including phenoxy) is 1. The van der Waals surface area contributed by atoms with Gasteiger partial charge in [0, 0.05) is 10.0 Å². The summed E-state index contributed by atoms with van der Waals surface area (Å²) in [5.41, 5.74) is 1.11. The van der Waals surface area contributed by atoms with Crippen molar-refractivity contribution in [1.29, 1.82) is 0 Å². The Labute approximate surface area is 69.1 Å². The molecule has 1 aromatic carbocycles. The average molecular weight is 200 g/mol. The lowest BCUT2D eigenvalue weighted by molar-refractivity contribution is 0.411. The van der Waals surface area contributed by atoms with Crippen LogP contribution in [0.15, 0.2) is 16.6 Å². The van der Waals surface area contributed by atoms with E-state index in [0.717, 1.165) is 15.8 Å². The molecule has 2 heteroatoms. The molecule has 0 bridgehead atoms. The van der Waals surface area contributed by atoms with E-state index in [9.17, 15) is 0 Å². The molecular formula is C8H8BrO. The highest BCUT2D eigenvalue weighted by Crippen LogP contribution is 2.24. The first-order valence-corrected chi connectivity index (χ1v) is 3.75. The van der Waals surface area contributed by atoms with Gasteiger partial charge in [-0.05, 0) is 25.1 Å². The van der Waals surface area contributed by atoms with Gasteiger partial charge in [-0.2, -0.15) is 0 Å². The molecule has 1 rings (SSSR count). The lowest BCUT2D eigenvalue weighted by Crippen LogP contribution is -1.86. The number of benzene rings is 1. The second kappa shape index (κ2) is 3.06. The molecule has 0 amide bonds. The van der Waals surface area contributed by atoms with Crippen LogP contribution in [-0.4, -0.2) is 7.11 Å². The van der Waals surface area contributed by atoms with Gasteiger partial charge in [-0.3, -0.25) is 0 Å². The molecule has 0 aromatic heterocycles. The SMILES string of the molecule is COc1c[c]cc(Br)c1C. The molecule has 0 aliphatic rings. The molecule has 0 N–H and O–H groups in total. The van der Waals surface area contributed by atoms with Gasteiger partial charge < -0.3 is 4.74 Å². The Morgan fingerprint density at radius 1 is 1.50 bits per heavy atom. The third-order valence-corrected chi connectivity index (χ3v) is 2.20. The quantitative estimate of drug-likeness (QED) is 0.676. The number of methoxy groups -OCH3 is 1. The molecule has 0 saturated carbocycles. The van der Waals surface area contributed by atoms with Crippen molar-refractivity contribution in [2.75, 3.05) is 7.11 Å². The maximum atomic E-state index is 5.06. The van der Waals surface area contributed by atoms with E-state index in [-0.39, 0.29) is 0 Å². The standard InChI is InChI=1S/C8H8BrO/c1-6-7(9)4-3-5-8(6)10-2/h4-5H,1-2H3. The van der Waals surface area contributed by atoms with E-state index in [1.807, 2.05) is 19.1 Å². The molecule has 10 heavy (non-hydrogen) atoms. The second-order valence-corrected chi connectivity index (χ2v) is 2.85. The molecule has 0 unspecified atom stereocenters. The largest absolute Gasteiger partial charge is 0.496 e. The van der Waals surface area contributed by atoms with Crippen molar-refractivity contribution in [2.45, 2.75) is 6.92 Å². The molecular weight excluding hydrogens is 192 g/mol. The zero-order valence-corrected chi connectivity index (χ0v) is 7.53. The van der Waals surface area contributed by atoms with Crippen LogP contribution < -0.4 is 4.74 Å². The number of halogens is 1. The van der Waals surface area contributed by atoms with Gasteiger partial charge in [-0.15, -0.1) is 0 Å². The summed E-state index contributed by atoms with van der Waals surface area (Å²) in [4.78, 5) is 0. The van der Waals surface area contributed by atoms with Gasteiger partial charge in [0.05, 0.1) is 7.11 Å². The van der Waals surface area contributed by atoms with E-state index in [1.54, 1.807) is 7.11 Å². The van der Waals surface area contributed by atoms with Gasteiger partial charge >= 0.3 is 0 Å². The van der Waals surface area contributed by atoms with Gasteiger partial charge in [0.15, 0.2) is 0 Å². The number of rotatable bonds is 1. The minimum absolute atomic E-state index is 0.870. The first-order chi connectivity index (χ1) is 4.75. The summed E-state index contributed by atoms with van der Waals surface area (Å²) in [6.45, 7) is 2.00. The van der Waals surface area contributed by atoms with Crippen molar-refractivity contribution in [2.24, 2.45) is 0 Å². The van der Waals surface area contributed by atoms with E-state index in [0.29, 0.717) is 0 Å². The normalized spacial score (nSPS) is 9.50. The highest BCUT2D eigenvalue weighted by Gasteiger charge is 1.99. The number of hydrogen-bond acceptors (Lipinski definition) is 1. The Morgan fingerprint density at radius 3 is 2.70 bits per heavy atom. The van der Waals surface area contributed by atoms with Crippen molar-refractivity contribution in [3.63, 3.8) is 0 Å². The van der Waals surface area contributed by atoms with Crippen LogP contribution in [0.1, 0.15) is 5.56 Å². The fourth-order valence-electron chi connectivity index (χ4n) is 0.737. The predicted molar refractivity (Wildman–Crippen MR) is 44.3 cm³/mol. The van der Waals surface area contributed by atoms with Crippen molar-refractivity contribution in [1.82, 2.24) is 0 Å². The van der Waals surface area contributed by atoms with E-state index < -0.39 is 0 Å². The third-order valence-electron chi connectivity index (χ3n) is 1.37. The fourth-order valence-corrected chi connectivity index (χ4v) is 1.06. The minimum atomic E-state index is 0.870. The topological polar surface area (TPSA) is 9.23 Å². The van der Waals surface area contributed by atoms with Crippen LogP contribution in [0.2, 0.25) is 0 Å². The van der Waals surface area contributed by atoms with E-state index in [1.165, 1.54) is 0 Å². The maximum absolute atomic E-state index is 5.06. The summed E-state index contributed by atoms with van der Waals surface area (Å²) in [5.74, 6) is 0.870. The summed E-state index contributed by atoms with van der Waals surface area (Å²) in [6.07, 6.45) is 0. The van der Waals surface area contributed by atoms with Crippen LogP contribution >= 0.6 is 15.9 Å². The van der Waals surface area contributed by atoms with Crippen molar-refractivity contribution < 1.29 is 4.74 Å². The zero-order valence-electron chi connectivity index (χ0n) is 5.94. The molecule has 0 spiro atoms. The van der Waals surface area contributed by atoms with Crippen LogP contribution in [0.4, 0.5) is 0 Å². The van der Waals surface area contributed by atoms with Crippen LogP contribution in [0.5, 0.6) is 5.75 Å². The molecule has 1 aromatic rings. The molecule has 0 fully saturated rings. The summed E-state index contributed by atoms with van der Waals surface area (Å²) >= 11 is 3.38. The Hall–Kier alpha value is -0.500. The minimum Gasteiger partial charge on any atom is -0.496 e. The molecule has 0 aliphatic heterocycles. The monoisotopic (exact) mass is 199 g/mol. The Kier molecular flexibility index (Phi) is 2.33. The van der Waals surface area contributed by atoms with Crippen molar-refractivity contribution >= 4 is 15.9 Å². The summed E-state index contributed by atoms with van der Waals surface area (Å²) in [5, 5.41) is 0. The molecule has 1 radical (unpaired) electrons. The van der Waals surface area contributed by atoms with Crippen molar-refractivity contribution in [3.8, 4) is 5.75 Å². The fraction of sp³-hybridized carbons (Fsp3) is 0.250. The molecule has 0 heterocycles.